The average Bonchev–Trinajstić information content (AvgIpc) is 2.77. The molecule has 0 fully saturated rings. The quantitative estimate of drug-likeness (QED) is 0.436. The van der Waals surface area contributed by atoms with Crippen LogP contribution in [0, 0.1) is 6.92 Å². The molecule has 2 aromatic rings. The van der Waals surface area contributed by atoms with E-state index in [0.717, 1.165) is 11.1 Å². The van der Waals surface area contributed by atoms with Crippen LogP contribution in [0.25, 0.3) is 0 Å². The summed E-state index contributed by atoms with van der Waals surface area (Å²) in [6.07, 6.45) is 4.86. The smallest absolute Gasteiger partial charge is 0.326 e. The highest BCUT2D eigenvalue weighted by Gasteiger charge is 2.23. The Kier molecular flexibility index (Phi) is 8.73. The summed E-state index contributed by atoms with van der Waals surface area (Å²) in [6.45, 7) is 15.5. The predicted molar refractivity (Wildman–Crippen MR) is 136 cm³/mol. The maximum atomic E-state index is 13.0. The van der Waals surface area contributed by atoms with Gasteiger partial charge in [0.05, 0.1) is 11.3 Å². The number of rotatable bonds is 9. The average molecular weight is 461 g/mol. The number of allylic oxidation sites excluding steroid dienone is 3. The van der Waals surface area contributed by atoms with Gasteiger partial charge in [-0.15, -0.1) is 0 Å². The Balaban J connectivity index is 2.24. The largest absolute Gasteiger partial charge is 0.480 e. The minimum absolute atomic E-state index is 0.0268. The second-order valence-electron chi connectivity index (χ2n) is 9.15. The fraction of sp³-hybridized carbons (Fsp3) is 0.250. The molecule has 0 saturated carbocycles. The van der Waals surface area contributed by atoms with Crippen molar-refractivity contribution >= 4 is 23.5 Å². The van der Waals surface area contributed by atoms with Crippen molar-refractivity contribution in [1.29, 1.82) is 0 Å². The maximum absolute atomic E-state index is 13.0. The topological polar surface area (TPSA) is 95.5 Å². The lowest BCUT2D eigenvalue weighted by Gasteiger charge is -2.19. The molecule has 0 aliphatic rings. The van der Waals surface area contributed by atoms with Gasteiger partial charge in [0.15, 0.2) is 0 Å². The lowest BCUT2D eigenvalue weighted by Crippen LogP contribution is -2.41. The Bertz CT molecular complexity index is 1120. The van der Waals surface area contributed by atoms with Crippen LogP contribution in [0.5, 0.6) is 0 Å². The third-order valence-corrected chi connectivity index (χ3v) is 5.22. The molecule has 0 aliphatic heterocycles. The minimum atomic E-state index is -1.18. The van der Waals surface area contributed by atoms with Gasteiger partial charge in [-0.2, -0.15) is 0 Å². The zero-order valence-corrected chi connectivity index (χ0v) is 20.1. The van der Waals surface area contributed by atoms with Crippen molar-refractivity contribution in [2.24, 2.45) is 0 Å². The van der Waals surface area contributed by atoms with Crippen LogP contribution in [-0.4, -0.2) is 28.9 Å². The summed E-state index contributed by atoms with van der Waals surface area (Å²) in [5.74, 6) is -2.15. The molecule has 2 aromatic carbocycles. The van der Waals surface area contributed by atoms with E-state index in [1.807, 2.05) is 19.1 Å². The summed E-state index contributed by atoms with van der Waals surface area (Å²) < 4.78 is 0. The number of carboxylic acid groups (broad SMARTS) is 1. The second-order valence-corrected chi connectivity index (χ2v) is 9.15. The van der Waals surface area contributed by atoms with Gasteiger partial charge in [-0.3, -0.25) is 9.59 Å². The van der Waals surface area contributed by atoms with Crippen LogP contribution in [0.1, 0.15) is 59.0 Å². The van der Waals surface area contributed by atoms with Crippen molar-refractivity contribution in [3.63, 3.8) is 0 Å². The van der Waals surface area contributed by atoms with Gasteiger partial charge in [0.2, 0.25) is 0 Å². The number of hydrogen-bond acceptors (Lipinski definition) is 3. The number of amides is 2. The summed E-state index contributed by atoms with van der Waals surface area (Å²) in [5, 5.41) is 14.9. The van der Waals surface area contributed by atoms with Gasteiger partial charge in [-0.1, -0.05) is 81.5 Å². The standard InChI is InChI=1S/C28H32N2O4/c1-7-8-9-18(2)17-24(27(33)34)30-26(32)22-16-19(3)10-15-23(22)29-25(31)20-11-13-21(14-12-20)28(4,5)6/h7-16,24H,1-2,17H2,3-6H3,(H,29,31)(H,30,32)(H,33,34)/b9-8-/t24-/m0/s1. The van der Waals surface area contributed by atoms with Crippen molar-refractivity contribution < 1.29 is 19.5 Å². The lowest BCUT2D eigenvalue weighted by molar-refractivity contribution is -0.139. The van der Waals surface area contributed by atoms with Crippen LogP contribution in [0.15, 0.2) is 79.4 Å². The van der Waals surface area contributed by atoms with Gasteiger partial charge < -0.3 is 15.7 Å². The van der Waals surface area contributed by atoms with Crippen molar-refractivity contribution in [2.75, 3.05) is 5.32 Å². The Hall–Kier alpha value is -3.93. The van der Waals surface area contributed by atoms with Crippen molar-refractivity contribution in [2.45, 2.75) is 45.6 Å². The van der Waals surface area contributed by atoms with Crippen LogP contribution in [-0.2, 0) is 10.2 Å². The first-order chi connectivity index (χ1) is 15.9. The van der Waals surface area contributed by atoms with Crippen molar-refractivity contribution in [1.82, 2.24) is 5.32 Å². The van der Waals surface area contributed by atoms with Crippen LogP contribution in [0.2, 0.25) is 0 Å². The molecule has 0 heterocycles. The highest BCUT2D eigenvalue weighted by Crippen LogP contribution is 2.23. The summed E-state index contributed by atoms with van der Waals surface area (Å²) >= 11 is 0. The van der Waals surface area contributed by atoms with Crippen molar-refractivity contribution in [3.05, 3.63) is 102 Å². The molecule has 6 heteroatoms. The zero-order valence-electron chi connectivity index (χ0n) is 20.1. The molecule has 6 nitrogen and oxygen atoms in total. The molecule has 0 saturated heterocycles. The number of carboxylic acids is 1. The Morgan fingerprint density at radius 1 is 1.06 bits per heavy atom. The van der Waals surface area contributed by atoms with Crippen LogP contribution in [0.4, 0.5) is 5.69 Å². The van der Waals surface area contributed by atoms with E-state index >= 15 is 0 Å². The monoisotopic (exact) mass is 460 g/mol. The summed E-state index contributed by atoms with van der Waals surface area (Å²) in [6, 6.07) is 11.1. The number of benzene rings is 2. The van der Waals surface area contributed by atoms with Crippen LogP contribution < -0.4 is 10.6 Å². The first-order valence-corrected chi connectivity index (χ1v) is 11.0. The Morgan fingerprint density at radius 2 is 1.71 bits per heavy atom. The molecule has 3 N–H and O–H groups in total. The zero-order chi connectivity index (χ0) is 25.5. The molecule has 1 atom stereocenters. The van der Waals surface area contributed by atoms with Gasteiger partial charge >= 0.3 is 5.97 Å². The molecular weight excluding hydrogens is 428 g/mol. The van der Waals surface area contributed by atoms with Crippen LogP contribution in [0.3, 0.4) is 0 Å². The Morgan fingerprint density at radius 3 is 2.26 bits per heavy atom. The molecule has 0 unspecified atom stereocenters. The molecule has 0 aromatic heterocycles. The van der Waals surface area contributed by atoms with Gasteiger partial charge in [-0.05, 0) is 42.2 Å². The lowest BCUT2D eigenvalue weighted by atomic mass is 9.86. The molecule has 0 bridgehead atoms. The summed E-state index contributed by atoms with van der Waals surface area (Å²) in [4.78, 5) is 37.6. The van der Waals surface area contributed by atoms with Gasteiger partial charge in [-0.25, -0.2) is 4.79 Å². The molecule has 0 radical (unpaired) electrons. The maximum Gasteiger partial charge on any atom is 0.326 e. The number of hydrogen-bond donors (Lipinski definition) is 3. The molecule has 34 heavy (non-hydrogen) atoms. The van der Waals surface area contributed by atoms with Gasteiger partial charge in [0, 0.05) is 12.0 Å². The van der Waals surface area contributed by atoms with E-state index in [2.05, 4.69) is 44.6 Å². The predicted octanol–water partition coefficient (Wildman–Crippen LogP) is 5.42. The van der Waals surface area contributed by atoms with Crippen molar-refractivity contribution in [3.8, 4) is 0 Å². The number of aliphatic carboxylic acids is 1. The third kappa shape index (κ3) is 7.30. The van der Waals surface area contributed by atoms with E-state index in [9.17, 15) is 19.5 Å². The first-order valence-electron chi connectivity index (χ1n) is 11.0. The molecule has 2 amide bonds. The molecular formula is C28H32N2O4. The second kappa shape index (κ2) is 11.3. The van der Waals surface area contributed by atoms with E-state index < -0.39 is 17.9 Å². The van der Waals surface area contributed by atoms with E-state index in [1.54, 1.807) is 48.6 Å². The summed E-state index contributed by atoms with van der Waals surface area (Å²) in [7, 11) is 0. The first kappa shape index (κ1) is 26.3. The van der Waals surface area contributed by atoms with E-state index in [4.69, 9.17) is 0 Å². The van der Waals surface area contributed by atoms with Crippen LogP contribution >= 0.6 is 0 Å². The highest BCUT2D eigenvalue weighted by atomic mass is 16.4. The number of anilines is 1. The molecule has 0 aliphatic carbocycles. The molecule has 0 spiro atoms. The normalized spacial score (nSPS) is 12.1. The third-order valence-electron chi connectivity index (χ3n) is 5.22. The van der Waals surface area contributed by atoms with Gasteiger partial charge in [0.25, 0.3) is 11.8 Å². The van der Waals surface area contributed by atoms with E-state index in [-0.39, 0.29) is 23.3 Å². The SMILES string of the molecule is C=C/C=C\C(=C)C[C@H](NC(=O)c1cc(C)ccc1NC(=O)c1ccc(C(C)(C)C)cc1)C(=O)O. The Labute approximate surface area is 201 Å². The number of carbonyl (C=O) groups is 3. The number of carbonyl (C=O) groups excluding carboxylic acids is 2. The number of nitrogens with one attached hydrogen (secondary N) is 2. The molecule has 2 rings (SSSR count). The fourth-order valence-electron chi connectivity index (χ4n) is 3.24. The molecule has 178 valence electrons. The van der Waals surface area contributed by atoms with Gasteiger partial charge in [0.1, 0.15) is 6.04 Å². The fourth-order valence-corrected chi connectivity index (χ4v) is 3.24. The highest BCUT2D eigenvalue weighted by molar-refractivity contribution is 6.09. The summed E-state index contributed by atoms with van der Waals surface area (Å²) in [5.41, 5.74) is 3.31. The van der Waals surface area contributed by atoms with E-state index in [1.165, 1.54) is 0 Å². The number of aryl methyl sites for hydroxylation is 1. The minimum Gasteiger partial charge on any atom is -0.480 e. The van der Waals surface area contributed by atoms with E-state index in [0.29, 0.717) is 16.8 Å².